The van der Waals surface area contributed by atoms with Crippen LogP contribution in [-0.4, -0.2) is 30.2 Å². The average Bonchev–Trinajstić information content (AvgIpc) is 3.11. The van der Waals surface area contributed by atoms with E-state index in [0.717, 1.165) is 38.9 Å². The van der Waals surface area contributed by atoms with Gasteiger partial charge in [-0.05, 0) is 38.5 Å². The second-order valence-electron chi connectivity index (χ2n) is 5.16. The first kappa shape index (κ1) is 12.8. The molecule has 2 rings (SSSR count). The van der Waals surface area contributed by atoms with Crippen molar-refractivity contribution in [1.29, 1.82) is 0 Å². The molecule has 0 aromatic heterocycles. The van der Waals surface area contributed by atoms with Crippen molar-refractivity contribution in [3.63, 3.8) is 0 Å². The van der Waals surface area contributed by atoms with Gasteiger partial charge in [0, 0.05) is 19.3 Å². The van der Waals surface area contributed by atoms with E-state index in [1.54, 1.807) is 0 Å². The van der Waals surface area contributed by atoms with Crippen LogP contribution in [0.25, 0.3) is 0 Å². The van der Waals surface area contributed by atoms with E-state index in [9.17, 15) is 4.79 Å². The molecule has 96 valence electrons. The number of amides is 1. The Kier molecular flexibility index (Phi) is 3.68. The molecule has 0 aromatic rings. The van der Waals surface area contributed by atoms with Crippen molar-refractivity contribution in [2.75, 3.05) is 13.2 Å². The first-order valence-corrected chi connectivity index (χ1v) is 6.66. The molecule has 1 aliphatic carbocycles. The van der Waals surface area contributed by atoms with Crippen LogP contribution in [0, 0.1) is 11.3 Å². The van der Waals surface area contributed by atoms with E-state index in [-0.39, 0.29) is 11.9 Å². The van der Waals surface area contributed by atoms with E-state index < -0.39 is 5.41 Å². The number of nitrogens with two attached hydrogens (primary N) is 1. The number of carbonyl (C=O) groups is 1. The highest BCUT2D eigenvalue weighted by molar-refractivity contribution is 7.80. The molecule has 5 heteroatoms. The molecule has 1 saturated carbocycles. The Labute approximate surface area is 107 Å². The number of thiocarbonyl (C=S) groups is 1. The minimum absolute atomic E-state index is 0.0176. The number of hydrogen-bond donors (Lipinski definition) is 2. The van der Waals surface area contributed by atoms with Crippen molar-refractivity contribution in [3.8, 4) is 0 Å². The number of hydrogen-bond acceptors (Lipinski definition) is 3. The SMILES string of the molecule is CC(NC(=O)C1(C(N)=S)CC1)C1CCOCC1. The Morgan fingerprint density at radius 2 is 2.06 bits per heavy atom. The molecule has 2 aliphatic rings. The van der Waals surface area contributed by atoms with Gasteiger partial charge >= 0.3 is 0 Å². The Hall–Kier alpha value is -0.680. The summed E-state index contributed by atoms with van der Waals surface area (Å²) in [5, 5.41) is 3.07. The molecule has 0 bridgehead atoms. The standard InChI is InChI=1S/C12H20N2O2S/c1-8(9-2-6-16-7-3-9)14-11(15)12(4-5-12)10(13)17/h8-9H,2-7H2,1H3,(H2,13,17)(H,14,15). The zero-order valence-electron chi connectivity index (χ0n) is 10.2. The van der Waals surface area contributed by atoms with Gasteiger partial charge in [-0.3, -0.25) is 4.79 Å². The van der Waals surface area contributed by atoms with Crippen molar-refractivity contribution in [1.82, 2.24) is 5.32 Å². The summed E-state index contributed by atoms with van der Waals surface area (Å²) in [5.74, 6) is 0.527. The molecule has 0 aromatic carbocycles. The van der Waals surface area contributed by atoms with E-state index in [0.29, 0.717) is 10.9 Å². The molecule has 1 amide bonds. The monoisotopic (exact) mass is 256 g/mol. The predicted octanol–water partition coefficient (Wildman–Crippen LogP) is 0.984. The summed E-state index contributed by atoms with van der Waals surface area (Å²) >= 11 is 4.98. The van der Waals surface area contributed by atoms with Gasteiger partial charge in [0.2, 0.25) is 5.91 Å². The largest absolute Gasteiger partial charge is 0.392 e. The Balaban J connectivity index is 1.88. The molecular formula is C12H20N2O2S. The van der Waals surface area contributed by atoms with Gasteiger partial charge in [0.1, 0.15) is 0 Å². The quantitative estimate of drug-likeness (QED) is 0.736. The average molecular weight is 256 g/mol. The van der Waals surface area contributed by atoms with Gasteiger partial charge in [0.25, 0.3) is 0 Å². The molecule has 2 fully saturated rings. The highest BCUT2D eigenvalue weighted by atomic mass is 32.1. The van der Waals surface area contributed by atoms with Crippen LogP contribution in [-0.2, 0) is 9.53 Å². The highest BCUT2D eigenvalue weighted by Gasteiger charge is 2.53. The molecule has 1 saturated heterocycles. The molecular weight excluding hydrogens is 236 g/mol. The van der Waals surface area contributed by atoms with Gasteiger partial charge in [-0.25, -0.2) is 0 Å². The molecule has 0 spiro atoms. The minimum atomic E-state index is -0.533. The summed E-state index contributed by atoms with van der Waals surface area (Å²) in [7, 11) is 0. The van der Waals surface area contributed by atoms with Crippen LogP contribution >= 0.6 is 12.2 Å². The molecule has 0 radical (unpaired) electrons. The first-order chi connectivity index (χ1) is 8.06. The van der Waals surface area contributed by atoms with Gasteiger partial charge in [-0.1, -0.05) is 12.2 Å². The maximum Gasteiger partial charge on any atom is 0.233 e. The van der Waals surface area contributed by atoms with Crippen molar-refractivity contribution in [2.24, 2.45) is 17.1 Å². The zero-order chi connectivity index (χ0) is 12.5. The van der Waals surface area contributed by atoms with E-state index in [4.69, 9.17) is 22.7 Å². The summed E-state index contributed by atoms with van der Waals surface area (Å²) in [5.41, 5.74) is 5.11. The lowest BCUT2D eigenvalue weighted by Crippen LogP contribution is -2.46. The van der Waals surface area contributed by atoms with E-state index >= 15 is 0 Å². The predicted molar refractivity (Wildman–Crippen MR) is 69.6 cm³/mol. The van der Waals surface area contributed by atoms with Crippen molar-refractivity contribution < 1.29 is 9.53 Å². The second-order valence-corrected chi connectivity index (χ2v) is 5.60. The molecule has 4 nitrogen and oxygen atoms in total. The van der Waals surface area contributed by atoms with Crippen molar-refractivity contribution >= 4 is 23.1 Å². The summed E-state index contributed by atoms with van der Waals surface area (Å²) in [6.07, 6.45) is 3.63. The number of ether oxygens (including phenoxy) is 1. The lowest BCUT2D eigenvalue weighted by atomic mass is 9.92. The molecule has 1 atom stereocenters. The van der Waals surface area contributed by atoms with E-state index in [1.165, 1.54) is 0 Å². The lowest BCUT2D eigenvalue weighted by Gasteiger charge is -2.29. The zero-order valence-corrected chi connectivity index (χ0v) is 11.0. The van der Waals surface area contributed by atoms with Crippen molar-refractivity contribution in [3.05, 3.63) is 0 Å². The van der Waals surface area contributed by atoms with Crippen LogP contribution < -0.4 is 11.1 Å². The highest BCUT2D eigenvalue weighted by Crippen LogP contribution is 2.46. The Morgan fingerprint density at radius 3 is 2.53 bits per heavy atom. The van der Waals surface area contributed by atoms with Gasteiger partial charge in [0.15, 0.2) is 0 Å². The fourth-order valence-corrected chi connectivity index (χ4v) is 2.69. The summed E-state index contributed by atoms with van der Waals surface area (Å²) in [4.78, 5) is 12.5. The topological polar surface area (TPSA) is 64.4 Å². The van der Waals surface area contributed by atoms with Crippen LogP contribution in [0.4, 0.5) is 0 Å². The minimum Gasteiger partial charge on any atom is -0.392 e. The Morgan fingerprint density at radius 1 is 1.47 bits per heavy atom. The third-order valence-corrected chi connectivity index (χ3v) is 4.38. The van der Waals surface area contributed by atoms with Crippen LogP contribution in [0.3, 0.4) is 0 Å². The van der Waals surface area contributed by atoms with Crippen molar-refractivity contribution in [2.45, 2.75) is 38.6 Å². The van der Waals surface area contributed by atoms with E-state index in [1.807, 2.05) is 0 Å². The van der Waals surface area contributed by atoms with E-state index in [2.05, 4.69) is 12.2 Å². The fraction of sp³-hybridized carbons (Fsp3) is 0.833. The Bertz CT molecular complexity index is 322. The van der Waals surface area contributed by atoms with Gasteiger partial charge in [-0.15, -0.1) is 0 Å². The molecule has 1 heterocycles. The number of rotatable bonds is 4. The number of nitrogens with one attached hydrogen (secondary N) is 1. The molecule has 17 heavy (non-hydrogen) atoms. The summed E-state index contributed by atoms with van der Waals surface area (Å²) < 4.78 is 5.32. The fourth-order valence-electron chi connectivity index (χ4n) is 2.39. The summed E-state index contributed by atoms with van der Waals surface area (Å²) in [6.45, 7) is 3.65. The van der Waals surface area contributed by atoms with Gasteiger partial charge < -0.3 is 15.8 Å². The lowest BCUT2D eigenvalue weighted by molar-refractivity contribution is -0.125. The normalized spacial score (nSPS) is 25.0. The smallest absolute Gasteiger partial charge is 0.233 e. The van der Waals surface area contributed by atoms with Gasteiger partial charge in [-0.2, -0.15) is 0 Å². The maximum atomic E-state index is 12.1. The number of carbonyl (C=O) groups excluding carboxylic acids is 1. The molecule has 1 unspecified atom stereocenters. The van der Waals surface area contributed by atoms with Crippen LogP contribution in [0.5, 0.6) is 0 Å². The van der Waals surface area contributed by atoms with Gasteiger partial charge in [0.05, 0.1) is 10.4 Å². The summed E-state index contributed by atoms with van der Waals surface area (Å²) in [6, 6.07) is 0.179. The molecule has 1 aliphatic heterocycles. The third kappa shape index (κ3) is 2.60. The first-order valence-electron chi connectivity index (χ1n) is 6.25. The van der Waals surface area contributed by atoms with Crippen LogP contribution in [0.1, 0.15) is 32.6 Å². The van der Waals surface area contributed by atoms with Crippen LogP contribution in [0.2, 0.25) is 0 Å². The maximum absolute atomic E-state index is 12.1. The second kappa shape index (κ2) is 4.90. The molecule has 3 N–H and O–H groups in total. The van der Waals surface area contributed by atoms with Crippen LogP contribution in [0.15, 0.2) is 0 Å². The third-order valence-electron chi connectivity index (χ3n) is 3.99.